The summed E-state index contributed by atoms with van der Waals surface area (Å²) in [6, 6.07) is 0. The summed E-state index contributed by atoms with van der Waals surface area (Å²) in [5, 5.41) is 11.8. The predicted octanol–water partition coefficient (Wildman–Crippen LogP) is 2.99. The lowest BCUT2D eigenvalue weighted by Gasteiger charge is -2.26. The van der Waals surface area contributed by atoms with Crippen LogP contribution in [-0.2, 0) is 27.3 Å². The molecule has 0 unspecified atom stereocenters. The van der Waals surface area contributed by atoms with Gasteiger partial charge in [0.15, 0.2) is 0 Å². The molecule has 0 aliphatic carbocycles. The summed E-state index contributed by atoms with van der Waals surface area (Å²) in [5.74, 6) is -3.41. The minimum Gasteiger partial charge on any atom is -0.478 e. The van der Waals surface area contributed by atoms with E-state index in [0.29, 0.717) is 25.1 Å². The molecule has 1 amide bonds. The van der Waals surface area contributed by atoms with Gasteiger partial charge < -0.3 is 19.7 Å². The standard InChI is InChI=1S/C20H27ClN2O6/c1-19(2,3)29-12(24)8-9-20(4,5)22-17(26)16(25)15-14(21)13(18(27)28)11-7-6-10-23(11)15/h6-10H2,1-5H3,(H,22,26)(H,27,28). The number of hydrogen-bond donors (Lipinski definition) is 2. The van der Waals surface area contributed by atoms with Crippen molar-refractivity contribution in [2.45, 2.75) is 78.0 Å². The van der Waals surface area contributed by atoms with Gasteiger partial charge in [0.05, 0.1) is 10.6 Å². The number of nitrogens with zero attached hydrogens (tertiary/aromatic N) is 1. The number of hydrogen-bond acceptors (Lipinski definition) is 5. The van der Waals surface area contributed by atoms with E-state index >= 15 is 0 Å². The minimum atomic E-state index is -1.22. The number of rotatable bonds is 7. The first-order valence-corrected chi connectivity index (χ1v) is 9.84. The summed E-state index contributed by atoms with van der Waals surface area (Å²) < 4.78 is 6.77. The Kier molecular flexibility index (Phi) is 6.47. The zero-order chi connectivity index (χ0) is 22.1. The van der Waals surface area contributed by atoms with Gasteiger partial charge in [0, 0.05) is 24.2 Å². The van der Waals surface area contributed by atoms with Crippen molar-refractivity contribution in [3.8, 4) is 0 Å². The number of amides is 1. The molecule has 2 heterocycles. The summed E-state index contributed by atoms with van der Waals surface area (Å²) in [4.78, 5) is 48.7. The molecule has 0 spiro atoms. The second-order valence-corrected chi connectivity index (χ2v) is 9.18. The fraction of sp³-hybridized carbons (Fsp3) is 0.600. The smallest absolute Gasteiger partial charge is 0.339 e. The second kappa shape index (κ2) is 8.18. The van der Waals surface area contributed by atoms with E-state index in [2.05, 4.69) is 5.32 Å². The number of esters is 1. The van der Waals surface area contributed by atoms with Crippen LogP contribution in [0.5, 0.6) is 0 Å². The molecular weight excluding hydrogens is 400 g/mol. The van der Waals surface area contributed by atoms with Crippen molar-refractivity contribution in [3.63, 3.8) is 0 Å². The number of halogens is 1. The quantitative estimate of drug-likeness (QED) is 0.393. The Balaban J connectivity index is 2.11. The van der Waals surface area contributed by atoms with Crippen molar-refractivity contribution in [2.75, 3.05) is 0 Å². The van der Waals surface area contributed by atoms with Gasteiger partial charge in [-0.3, -0.25) is 14.4 Å². The van der Waals surface area contributed by atoms with Crippen molar-refractivity contribution in [1.29, 1.82) is 0 Å². The molecule has 0 fully saturated rings. The summed E-state index contributed by atoms with van der Waals surface area (Å²) in [7, 11) is 0. The van der Waals surface area contributed by atoms with E-state index in [0.717, 1.165) is 0 Å². The van der Waals surface area contributed by atoms with Crippen molar-refractivity contribution in [1.82, 2.24) is 9.88 Å². The topological polar surface area (TPSA) is 115 Å². The number of ether oxygens (including phenoxy) is 1. The summed E-state index contributed by atoms with van der Waals surface area (Å²) in [5.41, 5.74) is -1.22. The Morgan fingerprint density at radius 2 is 1.79 bits per heavy atom. The molecule has 1 aliphatic heterocycles. The van der Waals surface area contributed by atoms with Gasteiger partial charge in [0.1, 0.15) is 11.3 Å². The molecule has 0 atom stereocenters. The Morgan fingerprint density at radius 1 is 1.17 bits per heavy atom. The van der Waals surface area contributed by atoms with E-state index in [1.54, 1.807) is 34.6 Å². The van der Waals surface area contributed by atoms with E-state index in [1.165, 1.54) is 4.57 Å². The highest BCUT2D eigenvalue weighted by molar-refractivity contribution is 6.47. The molecule has 2 N–H and O–H groups in total. The molecule has 0 saturated heterocycles. The zero-order valence-electron chi connectivity index (χ0n) is 17.3. The third-order valence-corrected chi connectivity index (χ3v) is 4.94. The van der Waals surface area contributed by atoms with E-state index in [9.17, 15) is 24.3 Å². The number of aromatic carboxylic acids is 1. The fourth-order valence-electron chi connectivity index (χ4n) is 3.33. The summed E-state index contributed by atoms with van der Waals surface area (Å²) in [6.45, 7) is 9.11. The normalized spacial score (nSPS) is 13.7. The lowest BCUT2D eigenvalue weighted by Crippen LogP contribution is -2.47. The van der Waals surface area contributed by atoms with Gasteiger partial charge in [0.2, 0.25) is 0 Å². The number of nitrogens with one attached hydrogen (secondary N) is 1. The van der Waals surface area contributed by atoms with Gasteiger partial charge in [-0.25, -0.2) is 4.79 Å². The van der Waals surface area contributed by atoms with Crippen molar-refractivity contribution < 1.29 is 29.0 Å². The molecule has 0 bridgehead atoms. The first-order valence-electron chi connectivity index (χ1n) is 9.46. The lowest BCUT2D eigenvalue weighted by atomic mass is 9.97. The average molecular weight is 427 g/mol. The SMILES string of the molecule is CC(C)(CCC(=O)OC(C)(C)C)NC(=O)C(=O)c1c(Cl)c(C(=O)O)c2n1CCC2. The minimum absolute atomic E-state index is 0.0726. The Morgan fingerprint density at radius 3 is 2.34 bits per heavy atom. The Hall–Kier alpha value is -2.35. The maximum absolute atomic E-state index is 12.8. The van der Waals surface area contributed by atoms with E-state index in [-0.39, 0.29) is 29.1 Å². The Bertz CT molecular complexity index is 863. The van der Waals surface area contributed by atoms with Gasteiger partial charge in [0.25, 0.3) is 11.7 Å². The van der Waals surface area contributed by atoms with E-state index in [1.807, 2.05) is 0 Å². The maximum Gasteiger partial charge on any atom is 0.339 e. The number of carboxylic acid groups (broad SMARTS) is 1. The third-order valence-electron chi connectivity index (χ3n) is 4.57. The highest BCUT2D eigenvalue weighted by Crippen LogP contribution is 2.33. The number of carboxylic acids is 1. The highest BCUT2D eigenvalue weighted by atomic mass is 35.5. The molecule has 1 aromatic rings. The van der Waals surface area contributed by atoms with E-state index in [4.69, 9.17) is 16.3 Å². The van der Waals surface area contributed by atoms with Crippen LogP contribution in [0, 0.1) is 0 Å². The number of fused-ring (bicyclic) bond motifs is 1. The molecular formula is C20H27ClN2O6. The van der Waals surface area contributed by atoms with Gasteiger partial charge >= 0.3 is 11.9 Å². The first-order chi connectivity index (χ1) is 13.2. The number of ketones is 1. The number of carbonyl (C=O) groups excluding carboxylic acids is 3. The molecule has 9 heteroatoms. The van der Waals surface area contributed by atoms with Crippen LogP contribution in [0.4, 0.5) is 0 Å². The van der Waals surface area contributed by atoms with E-state index < -0.39 is 34.8 Å². The average Bonchev–Trinajstić information content (AvgIpc) is 3.09. The molecule has 1 aliphatic rings. The largest absolute Gasteiger partial charge is 0.478 e. The van der Waals surface area contributed by atoms with Crippen molar-refractivity contribution in [3.05, 3.63) is 22.0 Å². The van der Waals surface area contributed by atoms with Crippen molar-refractivity contribution >= 4 is 35.2 Å². The molecule has 29 heavy (non-hydrogen) atoms. The monoisotopic (exact) mass is 426 g/mol. The van der Waals surface area contributed by atoms with Crippen LogP contribution in [0.25, 0.3) is 0 Å². The number of aromatic nitrogens is 1. The molecule has 1 aromatic heterocycles. The second-order valence-electron chi connectivity index (χ2n) is 8.80. The molecule has 2 rings (SSSR count). The third kappa shape index (κ3) is 5.38. The number of carbonyl (C=O) groups is 4. The number of Topliss-reactive ketones (excluding diaryl/α,β-unsaturated/α-hetero) is 1. The fourth-order valence-corrected chi connectivity index (χ4v) is 3.70. The van der Waals surface area contributed by atoms with Gasteiger partial charge in [-0.1, -0.05) is 11.6 Å². The lowest BCUT2D eigenvalue weighted by molar-refractivity contribution is -0.155. The van der Waals surface area contributed by atoms with Crippen LogP contribution in [0.1, 0.15) is 80.4 Å². The molecule has 0 aromatic carbocycles. The molecule has 0 saturated carbocycles. The van der Waals surface area contributed by atoms with Crippen LogP contribution in [0.2, 0.25) is 5.02 Å². The Labute approximate surface area is 174 Å². The van der Waals surface area contributed by atoms with Crippen molar-refractivity contribution in [2.24, 2.45) is 0 Å². The molecule has 0 radical (unpaired) electrons. The highest BCUT2D eigenvalue weighted by Gasteiger charge is 2.35. The van der Waals surface area contributed by atoms with Crippen LogP contribution in [0.3, 0.4) is 0 Å². The van der Waals surface area contributed by atoms with Crippen LogP contribution < -0.4 is 5.32 Å². The van der Waals surface area contributed by atoms with Crippen LogP contribution in [0.15, 0.2) is 0 Å². The molecule has 160 valence electrons. The predicted molar refractivity (Wildman–Crippen MR) is 106 cm³/mol. The summed E-state index contributed by atoms with van der Waals surface area (Å²) >= 11 is 6.15. The maximum atomic E-state index is 12.8. The first kappa shape index (κ1) is 22.9. The molecule has 8 nitrogen and oxygen atoms in total. The van der Waals surface area contributed by atoms with Crippen LogP contribution in [-0.4, -0.2) is 44.4 Å². The van der Waals surface area contributed by atoms with Gasteiger partial charge in [-0.2, -0.15) is 0 Å². The van der Waals surface area contributed by atoms with Gasteiger partial charge in [-0.15, -0.1) is 0 Å². The summed E-state index contributed by atoms with van der Waals surface area (Å²) in [6.07, 6.45) is 1.50. The van der Waals surface area contributed by atoms with Crippen LogP contribution >= 0.6 is 11.6 Å². The van der Waals surface area contributed by atoms with Gasteiger partial charge in [-0.05, 0) is 53.9 Å². The zero-order valence-corrected chi connectivity index (χ0v) is 18.1.